The second-order valence-electron chi connectivity index (χ2n) is 5.75. The molecule has 0 aromatic heterocycles. The Bertz CT molecular complexity index is 517. The zero-order valence-electron chi connectivity index (χ0n) is 11.8. The van der Waals surface area contributed by atoms with E-state index in [2.05, 4.69) is 12.1 Å². The summed E-state index contributed by atoms with van der Waals surface area (Å²) in [7, 11) is 0. The molecule has 1 aromatic rings. The van der Waals surface area contributed by atoms with Gasteiger partial charge in [0.15, 0.2) is 0 Å². The minimum absolute atomic E-state index is 0.0498. The van der Waals surface area contributed by atoms with E-state index in [4.69, 9.17) is 16.3 Å². The van der Waals surface area contributed by atoms with Gasteiger partial charge in [0, 0.05) is 12.1 Å². The van der Waals surface area contributed by atoms with Crippen molar-refractivity contribution in [3.8, 4) is 0 Å². The van der Waals surface area contributed by atoms with Gasteiger partial charge in [-0.1, -0.05) is 6.07 Å². The van der Waals surface area contributed by atoms with Gasteiger partial charge in [-0.3, -0.25) is 4.79 Å². The first kappa shape index (κ1) is 13.9. The number of rotatable bonds is 2. The van der Waals surface area contributed by atoms with Crippen molar-refractivity contribution >= 4 is 17.5 Å². The van der Waals surface area contributed by atoms with Crippen LogP contribution in [0.1, 0.15) is 34.8 Å². The molecule has 0 radical (unpaired) electrons. The van der Waals surface area contributed by atoms with E-state index in [0.717, 1.165) is 18.4 Å². The molecule has 0 spiro atoms. The van der Waals surface area contributed by atoms with Crippen molar-refractivity contribution in [2.75, 3.05) is 19.0 Å². The quantitative estimate of drug-likeness (QED) is 0.785. The number of benzene rings is 1. The number of amides is 1. The fraction of sp³-hybridized carbons (Fsp3) is 0.562. The Morgan fingerprint density at radius 3 is 3.00 bits per heavy atom. The number of fused-ring (bicyclic) bond motifs is 1. The second kappa shape index (κ2) is 5.74. The van der Waals surface area contributed by atoms with E-state index in [1.165, 1.54) is 17.5 Å². The van der Waals surface area contributed by atoms with Gasteiger partial charge in [-0.25, -0.2) is 0 Å². The van der Waals surface area contributed by atoms with Crippen molar-refractivity contribution in [2.24, 2.45) is 0 Å². The number of carbonyl (C=O) groups excluding carboxylic acids is 1. The summed E-state index contributed by atoms with van der Waals surface area (Å²) in [6.45, 7) is 3.17. The zero-order chi connectivity index (χ0) is 14.1. The lowest BCUT2D eigenvalue weighted by atomic mass is 10.0. The Balaban J connectivity index is 1.80. The summed E-state index contributed by atoms with van der Waals surface area (Å²) in [4.78, 5) is 14.6. The van der Waals surface area contributed by atoms with Crippen molar-refractivity contribution in [1.82, 2.24) is 4.90 Å². The van der Waals surface area contributed by atoms with Gasteiger partial charge in [-0.15, -0.1) is 11.6 Å². The predicted molar refractivity (Wildman–Crippen MR) is 79.4 cm³/mol. The topological polar surface area (TPSA) is 29.5 Å². The fourth-order valence-electron chi connectivity index (χ4n) is 3.06. The Hall–Kier alpha value is -1.06. The van der Waals surface area contributed by atoms with Gasteiger partial charge in [0.05, 0.1) is 24.6 Å². The molecule has 2 atom stereocenters. The maximum Gasteiger partial charge on any atom is 0.254 e. The number of carbonyl (C=O) groups is 1. The van der Waals surface area contributed by atoms with E-state index in [9.17, 15) is 4.79 Å². The average Bonchev–Trinajstić information content (AvgIpc) is 2.94. The maximum absolute atomic E-state index is 12.7. The molecule has 2 aliphatic rings. The smallest absolute Gasteiger partial charge is 0.254 e. The molecule has 1 saturated heterocycles. The third kappa shape index (κ3) is 2.57. The predicted octanol–water partition coefficient (Wildman–Crippen LogP) is 2.64. The lowest BCUT2D eigenvalue weighted by Gasteiger charge is -2.37. The van der Waals surface area contributed by atoms with Crippen molar-refractivity contribution in [2.45, 2.75) is 38.3 Å². The van der Waals surface area contributed by atoms with Gasteiger partial charge < -0.3 is 9.64 Å². The summed E-state index contributed by atoms with van der Waals surface area (Å²) in [6.07, 6.45) is 3.40. The van der Waals surface area contributed by atoms with Crippen LogP contribution in [0.3, 0.4) is 0 Å². The molecule has 1 amide bonds. The van der Waals surface area contributed by atoms with Gasteiger partial charge in [0.2, 0.25) is 0 Å². The largest absolute Gasteiger partial charge is 0.373 e. The standard InChI is InChI=1S/C16H20ClNO2/c1-11-10-20-15(8-17)9-18(11)16(19)14-6-5-12-3-2-4-13(12)7-14/h5-7,11,15H,2-4,8-10H2,1H3. The average molecular weight is 294 g/mol. The number of alkyl halides is 1. The number of hydrogen-bond donors (Lipinski definition) is 0. The second-order valence-corrected chi connectivity index (χ2v) is 6.06. The molecular formula is C16H20ClNO2. The minimum Gasteiger partial charge on any atom is -0.373 e. The minimum atomic E-state index is -0.0498. The molecule has 1 aliphatic heterocycles. The van der Waals surface area contributed by atoms with E-state index in [-0.39, 0.29) is 18.1 Å². The number of morpholine rings is 1. The SMILES string of the molecule is CC1COC(CCl)CN1C(=O)c1ccc2c(c1)CCC2. The monoisotopic (exact) mass is 293 g/mol. The van der Waals surface area contributed by atoms with Crippen LogP contribution in [0.4, 0.5) is 0 Å². The van der Waals surface area contributed by atoms with Crippen LogP contribution in [0, 0.1) is 0 Å². The van der Waals surface area contributed by atoms with E-state index in [1.54, 1.807) is 0 Å². The highest BCUT2D eigenvalue weighted by atomic mass is 35.5. The zero-order valence-corrected chi connectivity index (χ0v) is 12.5. The molecule has 0 saturated carbocycles. The number of ether oxygens (including phenoxy) is 1. The summed E-state index contributed by atoms with van der Waals surface area (Å²) in [5.74, 6) is 0.534. The van der Waals surface area contributed by atoms with Gasteiger partial charge >= 0.3 is 0 Å². The van der Waals surface area contributed by atoms with Crippen molar-refractivity contribution < 1.29 is 9.53 Å². The Kier molecular flexibility index (Phi) is 3.99. The lowest BCUT2D eigenvalue weighted by Crippen LogP contribution is -2.51. The molecule has 1 heterocycles. The number of hydrogen-bond acceptors (Lipinski definition) is 2. The first-order valence-electron chi connectivity index (χ1n) is 7.29. The highest BCUT2D eigenvalue weighted by molar-refractivity contribution is 6.18. The summed E-state index contributed by atoms with van der Waals surface area (Å²) in [5.41, 5.74) is 3.54. The molecule has 108 valence electrons. The molecule has 1 aromatic carbocycles. The van der Waals surface area contributed by atoms with E-state index < -0.39 is 0 Å². The normalized spacial score (nSPS) is 25.6. The highest BCUT2D eigenvalue weighted by Crippen LogP contribution is 2.24. The molecule has 4 heteroatoms. The van der Waals surface area contributed by atoms with E-state index in [0.29, 0.717) is 19.0 Å². The molecule has 0 bridgehead atoms. The number of halogens is 1. The van der Waals surface area contributed by atoms with Crippen LogP contribution in [-0.2, 0) is 17.6 Å². The van der Waals surface area contributed by atoms with Crippen molar-refractivity contribution in [3.05, 3.63) is 34.9 Å². The van der Waals surface area contributed by atoms with Crippen molar-refractivity contribution in [1.29, 1.82) is 0 Å². The first-order valence-corrected chi connectivity index (χ1v) is 7.83. The number of nitrogens with zero attached hydrogens (tertiary/aromatic N) is 1. The third-order valence-corrected chi connectivity index (χ3v) is 4.63. The number of aryl methyl sites for hydroxylation is 2. The molecule has 3 nitrogen and oxygen atoms in total. The van der Waals surface area contributed by atoms with Crippen LogP contribution < -0.4 is 0 Å². The molecule has 3 rings (SSSR count). The van der Waals surface area contributed by atoms with E-state index in [1.807, 2.05) is 17.9 Å². The molecule has 0 N–H and O–H groups in total. The first-order chi connectivity index (χ1) is 9.69. The van der Waals surface area contributed by atoms with Crippen LogP contribution >= 0.6 is 11.6 Å². The van der Waals surface area contributed by atoms with Crippen molar-refractivity contribution in [3.63, 3.8) is 0 Å². The molecule has 20 heavy (non-hydrogen) atoms. The molecule has 1 aliphatic carbocycles. The van der Waals surface area contributed by atoms with Gasteiger partial charge in [0.25, 0.3) is 5.91 Å². The van der Waals surface area contributed by atoms with Gasteiger partial charge in [0.1, 0.15) is 0 Å². The molecule has 2 unspecified atom stereocenters. The highest BCUT2D eigenvalue weighted by Gasteiger charge is 2.30. The van der Waals surface area contributed by atoms with E-state index >= 15 is 0 Å². The van der Waals surface area contributed by atoms with Crippen LogP contribution in [-0.4, -0.2) is 42.0 Å². The summed E-state index contributed by atoms with van der Waals surface area (Å²) in [5, 5.41) is 0. The Labute approximate surface area is 124 Å². The lowest BCUT2D eigenvalue weighted by molar-refractivity contribution is -0.0371. The summed E-state index contributed by atoms with van der Waals surface area (Å²) < 4.78 is 5.60. The van der Waals surface area contributed by atoms with Crippen LogP contribution in [0.25, 0.3) is 0 Å². The Morgan fingerprint density at radius 1 is 1.40 bits per heavy atom. The maximum atomic E-state index is 12.7. The van der Waals surface area contributed by atoms with Crippen LogP contribution in [0.5, 0.6) is 0 Å². The van der Waals surface area contributed by atoms with Gasteiger partial charge in [-0.2, -0.15) is 0 Å². The summed E-state index contributed by atoms with van der Waals surface area (Å²) >= 11 is 5.86. The Morgan fingerprint density at radius 2 is 2.20 bits per heavy atom. The molecular weight excluding hydrogens is 274 g/mol. The fourth-order valence-corrected chi connectivity index (χ4v) is 3.25. The van der Waals surface area contributed by atoms with Gasteiger partial charge in [-0.05, 0) is 49.4 Å². The summed E-state index contributed by atoms with van der Waals surface area (Å²) in [6, 6.07) is 6.25. The third-order valence-electron chi connectivity index (χ3n) is 4.28. The molecule has 1 fully saturated rings. The van der Waals surface area contributed by atoms with Crippen LogP contribution in [0.15, 0.2) is 18.2 Å². The van der Waals surface area contributed by atoms with Crippen LogP contribution in [0.2, 0.25) is 0 Å².